The zero-order chi connectivity index (χ0) is 14.1. The third-order valence-corrected chi connectivity index (χ3v) is 3.22. The molecule has 0 radical (unpaired) electrons. The third-order valence-electron chi connectivity index (χ3n) is 3.02. The summed E-state index contributed by atoms with van der Waals surface area (Å²) >= 11 is 6.12. The van der Waals surface area contributed by atoms with Crippen molar-refractivity contribution in [2.75, 3.05) is 0 Å². The van der Waals surface area contributed by atoms with Gasteiger partial charge in [-0.05, 0) is 13.8 Å². The first-order chi connectivity index (χ1) is 9.65. The molecule has 0 bridgehead atoms. The van der Waals surface area contributed by atoms with Crippen LogP contribution in [-0.2, 0) is 0 Å². The summed E-state index contributed by atoms with van der Waals surface area (Å²) in [7, 11) is 0. The lowest BCUT2D eigenvalue weighted by Gasteiger charge is -2.05. The Morgan fingerprint density at radius 1 is 1.05 bits per heavy atom. The predicted octanol–water partition coefficient (Wildman–Crippen LogP) is 4.07. The first-order valence-corrected chi connectivity index (χ1v) is 6.56. The molecule has 3 aromatic rings. The van der Waals surface area contributed by atoms with Gasteiger partial charge in [-0.15, -0.1) is 0 Å². The highest BCUT2D eigenvalue weighted by atomic mass is 35.5. The Kier molecular flexibility index (Phi) is 3.24. The molecule has 4 nitrogen and oxygen atoms in total. The molecule has 0 amide bonds. The lowest BCUT2D eigenvalue weighted by molar-refractivity contribution is 0.393. The second-order valence-electron chi connectivity index (χ2n) is 4.46. The van der Waals surface area contributed by atoms with Crippen molar-refractivity contribution >= 4 is 11.6 Å². The zero-order valence-corrected chi connectivity index (χ0v) is 11.8. The number of benzene rings is 1. The summed E-state index contributed by atoms with van der Waals surface area (Å²) in [6.07, 6.45) is 0. The highest BCUT2D eigenvalue weighted by Gasteiger charge is 2.16. The van der Waals surface area contributed by atoms with E-state index in [0.717, 1.165) is 22.5 Å². The van der Waals surface area contributed by atoms with Gasteiger partial charge in [0.25, 0.3) is 0 Å². The number of hydrogen-bond acceptors (Lipinski definition) is 4. The highest BCUT2D eigenvalue weighted by molar-refractivity contribution is 6.29. The van der Waals surface area contributed by atoms with Gasteiger partial charge in [-0.2, -0.15) is 0 Å². The first kappa shape index (κ1) is 12.8. The van der Waals surface area contributed by atoms with E-state index in [4.69, 9.17) is 16.1 Å². The quantitative estimate of drug-likeness (QED) is 0.666. The summed E-state index contributed by atoms with van der Waals surface area (Å²) in [5.41, 5.74) is 3.32. The minimum Gasteiger partial charge on any atom is -0.361 e. The molecule has 0 aliphatic heterocycles. The van der Waals surface area contributed by atoms with Crippen LogP contribution in [0.4, 0.5) is 0 Å². The van der Waals surface area contributed by atoms with Gasteiger partial charge in [0.05, 0.1) is 17.0 Å². The molecule has 2 heterocycles. The molecule has 0 unspecified atom stereocenters. The lowest BCUT2D eigenvalue weighted by Crippen LogP contribution is -1.94. The lowest BCUT2D eigenvalue weighted by atomic mass is 10.1. The number of nitrogens with zero attached hydrogens (tertiary/aromatic N) is 3. The summed E-state index contributed by atoms with van der Waals surface area (Å²) in [6.45, 7) is 3.69. The molecule has 100 valence electrons. The summed E-state index contributed by atoms with van der Waals surface area (Å²) < 4.78 is 5.16. The number of rotatable bonds is 2. The van der Waals surface area contributed by atoms with E-state index in [1.807, 2.05) is 44.2 Å². The highest BCUT2D eigenvalue weighted by Crippen LogP contribution is 2.28. The molecule has 3 rings (SSSR count). The molecule has 0 saturated heterocycles. The Hall–Kier alpha value is -2.20. The second-order valence-corrected chi connectivity index (χ2v) is 4.85. The smallest absolute Gasteiger partial charge is 0.166 e. The van der Waals surface area contributed by atoms with E-state index >= 15 is 0 Å². The van der Waals surface area contributed by atoms with Crippen LogP contribution in [0.3, 0.4) is 0 Å². The van der Waals surface area contributed by atoms with Gasteiger partial charge < -0.3 is 4.52 Å². The fourth-order valence-electron chi connectivity index (χ4n) is 2.09. The first-order valence-electron chi connectivity index (χ1n) is 6.18. The van der Waals surface area contributed by atoms with Gasteiger partial charge >= 0.3 is 0 Å². The van der Waals surface area contributed by atoms with E-state index in [1.54, 1.807) is 6.07 Å². The van der Waals surface area contributed by atoms with Gasteiger partial charge in [-0.25, -0.2) is 9.97 Å². The van der Waals surface area contributed by atoms with Crippen LogP contribution in [0.2, 0.25) is 5.15 Å². The number of aromatic nitrogens is 3. The van der Waals surface area contributed by atoms with Crippen LogP contribution < -0.4 is 0 Å². The maximum atomic E-state index is 6.12. The molecule has 0 aliphatic carbocycles. The van der Waals surface area contributed by atoms with E-state index in [2.05, 4.69) is 15.1 Å². The van der Waals surface area contributed by atoms with Crippen molar-refractivity contribution in [3.05, 3.63) is 53.0 Å². The molecule has 1 aromatic carbocycles. The van der Waals surface area contributed by atoms with Crippen LogP contribution in [0, 0.1) is 13.8 Å². The Bertz CT molecular complexity index is 734. The Labute approximate surface area is 121 Å². The summed E-state index contributed by atoms with van der Waals surface area (Å²) in [4.78, 5) is 8.85. The molecule has 5 heteroatoms. The van der Waals surface area contributed by atoms with E-state index in [1.165, 1.54) is 0 Å². The van der Waals surface area contributed by atoms with Crippen molar-refractivity contribution in [2.45, 2.75) is 13.8 Å². The van der Waals surface area contributed by atoms with Crippen molar-refractivity contribution < 1.29 is 4.52 Å². The molecule has 0 spiro atoms. The van der Waals surface area contributed by atoms with Crippen LogP contribution in [0.15, 0.2) is 40.9 Å². The predicted molar refractivity (Wildman–Crippen MR) is 77.4 cm³/mol. The maximum absolute atomic E-state index is 6.12. The Morgan fingerprint density at radius 3 is 2.45 bits per heavy atom. The molecule has 0 saturated carbocycles. The van der Waals surface area contributed by atoms with Crippen molar-refractivity contribution in [1.29, 1.82) is 0 Å². The van der Waals surface area contributed by atoms with Gasteiger partial charge in [0.2, 0.25) is 0 Å². The maximum Gasteiger partial charge on any atom is 0.166 e. The fourth-order valence-corrected chi connectivity index (χ4v) is 2.27. The fraction of sp³-hybridized carbons (Fsp3) is 0.133. The number of hydrogen-bond donors (Lipinski definition) is 0. The van der Waals surface area contributed by atoms with Crippen molar-refractivity contribution in [3.8, 4) is 22.6 Å². The van der Waals surface area contributed by atoms with Gasteiger partial charge in [-0.3, -0.25) is 0 Å². The Balaban J connectivity index is 2.17. The molecule has 0 N–H and O–H groups in total. The minimum absolute atomic E-state index is 0.397. The zero-order valence-electron chi connectivity index (χ0n) is 11.1. The number of aryl methyl sites for hydroxylation is 2. The van der Waals surface area contributed by atoms with E-state index in [0.29, 0.717) is 16.7 Å². The molecular formula is C15H12ClN3O. The van der Waals surface area contributed by atoms with Gasteiger partial charge in [-0.1, -0.05) is 47.1 Å². The monoisotopic (exact) mass is 285 g/mol. The van der Waals surface area contributed by atoms with Gasteiger partial charge in [0.15, 0.2) is 5.82 Å². The van der Waals surface area contributed by atoms with Crippen LogP contribution in [0.25, 0.3) is 22.6 Å². The molecule has 0 atom stereocenters. The van der Waals surface area contributed by atoms with E-state index in [-0.39, 0.29) is 0 Å². The largest absolute Gasteiger partial charge is 0.361 e. The van der Waals surface area contributed by atoms with Crippen molar-refractivity contribution in [1.82, 2.24) is 15.1 Å². The molecule has 2 aromatic heterocycles. The molecule has 20 heavy (non-hydrogen) atoms. The Morgan fingerprint density at radius 2 is 1.80 bits per heavy atom. The minimum atomic E-state index is 0.397. The SMILES string of the molecule is Cc1noc(C)c1-c1nc(Cl)cc(-c2ccccc2)n1. The topological polar surface area (TPSA) is 51.8 Å². The summed E-state index contributed by atoms with van der Waals surface area (Å²) in [5.74, 6) is 1.22. The normalized spacial score (nSPS) is 10.8. The van der Waals surface area contributed by atoms with Crippen molar-refractivity contribution in [3.63, 3.8) is 0 Å². The average molecular weight is 286 g/mol. The number of halogens is 1. The summed E-state index contributed by atoms with van der Waals surface area (Å²) in [6, 6.07) is 11.6. The van der Waals surface area contributed by atoms with Crippen LogP contribution in [0.5, 0.6) is 0 Å². The van der Waals surface area contributed by atoms with E-state index in [9.17, 15) is 0 Å². The van der Waals surface area contributed by atoms with Crippen molar-refractivity contribution in [2.24, 2.45) is 0 Å². The van der Waals surface area contributed by atoms with Crippen LogP contribution >= 0.6 is 11.6 Å². The van der Waals surface area contributed by atoms with E-state index < -0.39 is 0 Å². The van der Waals surface area contributed by atoms with Gasteiger partial charge in [0.1, 0.15) is 10.9 Å². The second kappa shape index (κ2) is 5.06. The van der Waals surface area contributed by atoms with Crippen LogP contribution in [0.1, 0.15) is 11.5 Å². The molecular weight excluding hydrogens is 274 g/mol. The molecule has 0 fully saturated rings. The van der Waals surface area contributed by atoms with Crippen LogP contribution in [-0.4, -0.2) is 15.1 Å². The summed E-state index contributed by atoms with van der Waals surface area (Å²) in [5, 5.41) is 4.32. The average Bonchev–Trinajstić information content (AvgIpc) is 2.78. The standard InChI is InChI=1S/C15H12ClN3O/c1-9-14(10(2)20-19-9)15-17-12(8-13(16)18-15)11-6-4-3-5-7-11/h3-8H,1-2H3. The molecule has 0 aliphatic rings. The third kappa shape index (κ3) is 2.30. The van der Waals surface area contributed by atoms with Gasteiger partial charge in [0, 0.05) is 11.6 Å².